The second kappa shape index (κ2) is 6.85. The Labute approximate surface area is 178 Å². The van der Waals surface area contributed by atoms with Gasteiger partial charge in [-0.2, -0.15) is 0 Å². The third-order valence-corrected chi connectivity index (χ3v) is 6.49. The van der Waals surface area contributed by atoms with E-state index in [4.69, 9.17) is 16.6 Å². The number of nitrogens with zero attached hydrogens (tertiary/aromatic N) is 1. The summed E-state index contributed by atoms with van der Waals surface area (Å²) >= 11 is 11.1. The van der Waals surface area contributed by atoms with Crippen molar-refractivity contribution in [3.63, 3.8) is 0 Å². The van der Waals surface area contributed by atoms with Gasteiger partial charge in [0.05, 0.1) is 20.8 Å². The summed E-state index contributed by atoms with van der Waals surface area (Å²) in [6.07, 6.45) is 0. The monoisotopic (exact) mass is 466 g/mol. The zero-order valence-electron chi connectivity index (χ0n) is 14.4. The van der Waals surface area contributed by atoms with Crippen molar-refractivity contribution in [2.45, 2.75) is 0 Å². The second-order valence-corrected chi connectivity index (χ2v) is 8.79. The van der Waals surface area contributed by atoms with Crippen LogP contribution in [0.4, 0.5) is 11.4 Å². The third kappa shape index (κ3) is 2.96. The summed E-state index contributed by atoms with van der Waals surface area (Å²) in [7, 11) is 0. The fourth-order valence-corrected chi connectivity index (χ4v) is 4.88. The first-order valence-electron chi connectivity index (χ1n) is 8.57. The van der Waals surface area contributed by atoms with Crippen LogP contribution >= 0.6 is 38.9 Å². The molecule has 0 atom stereocenters. The molecular formula is C22H12BrClN2OS. The molecule has 5 rings (SSSR count). The van der Waals surface area contributed by atoms with E-state index in [2.05, 4.69) is 21.2 Å². The summed E-state index contributed by atoms with van der Waals surface area (Å²) in [5.74, 6) is 0. The highest BCUT2D eigenvalue weighted by Crippen LogP contribution is 2.40. The van der Waals surface area contributed by atoms with Crippen molar-refractivity contribution in [2.24, 2.45) is 0 Å². The number of nitrogens with one attached hydrogen (secondary N) is 1. The molecule has 0 fully saturated rings. The van der Waals surface area contributed by atoms with Gasteiger partial charge in [0.15, 0.2) is 0 Å². The Hall–Kier alpha value is -2.47. The van der Waals surface area contributed by atoms with Gasteiger partial charge in [0.1, 0.15) is 5.69 Å². The lowest BCUT2D eigenvalue weighted by Gasteiger charge is -2.16. The van der Waals surface area contributed by atoms with E-state index in [1.165, 1.54) is 11.3 Å². The highest BCUT2D eigenvalue weighted by Gasteiger charge is 2.20. The van der Waals surface area contributed by atoms with Crippen LogP contribution in [0.3, 0.4) is 0 Å². The van der Waals surface area contributed by atoms with Crippen molar-refractivity contribution in [1.29, 1.82) is 0 Å². The lowest BCUT2D eigenvalue weighted by molar-refractivity contribution is 1.43. The Bertz CT molecular complexity index is 1380. The molecule has 6 heteroatoms. The van der Waals surface area contributed by atoms with Crippen LogP contribution in [0, 0.1) is 0 Å². The topological polar surface area (TPSA) is 42.0 Å². The normalized spacial score (nSPS) is 11.4. The molecule has 0 saturated heterocycles. The van der Waals surface area contributed by atoms with Crippen molar-refractivity contribution in [2.75, 3.05) is 5.32 Å². The molecule has 0 saturated carbocycles. The van der Waals surface area contributed by atoms with Crippen molar-refractivity contribution in [1.82, 2.24) is 4.98 Å². The minimum atomic E-state index is -0.0366. The van der Waals surface area contributed by atoms with E-state index in [0.29, 0.717) is 16.1 Å². The molecule has 0 aromatic heterocycles. The molecule has 1 aliphatic heterocycles. The molecule has 0 bridgehead atoms. The first kappa shape index (κ1) is 17.6. The molecular weight excluding hydrogens is 456 g/mol. The van der Waals surface area contributed by atoms with Gasteiger partial charge in [-0.3, -0.25) is 4.79 Å². The predicted molar refractivity (Wildman–Crippen MR) is 122 cm³/mol. The van der Waals surface area contributed by atoms with Gasteiger partial charge >= 0.3 is 0 Å². The van der Waals surface area contributed by atoms with Crippen molar-refractivity contribution in [3.05, 3.63) is 86.4 Å². The largest absolute Gasteiger partial charge is 0.351 e. The molecule has 1 aliphatic carbocycles. The van der Waals surface area contributed by atoms with Crippen molar-refractivity contribution >= 4 is 71.2 Å². The predicted octanol–water partition coefficient (Wildman–Crippen LogP) is 7.07. The minimum Gasteiger partial charge on any atom is -0.351 e. The molecule has 0 radical (unpaired) electrons. The van der Waals surface area contributed by atoms with Crippen LogP contribution in [0.25, 0.3) is 31.6 Å². The number of halogens is 2. The van der Waals surface area contributed by atoms with Gasteiger partial charge in [0.2, 0.25) is 5.43 Å². The Balaban J connectivity index is 1.87. The smallest absolute Gasteiger partial charge is 0.211 e. The Morgan fingerprint density at radius 3 is 2.50 bits per heavy atom. The van der Waals surface area contributed by atoms with Crippen molar-refractivity contribution in [3.8, 4) is 10.6 Å². The molecule has 3 aromatic rings. The number of benzene rings is 4. The van der Waals surface area contributed by atoms with E-state index in [0.717, 1.165) is 36.3 Å². The van der Waals surface area contributed by atoms with E-state index in [9.17, 15) is 4.79 Å². The van der Waals surface area contributed by atoms with Gasteiger partial charge in [-0.25, -0.2) is 4.98 Å². The summed E-state index contributed by atoms with van der Waals surface area (Å²) in [6.45, 7) is 0. The molecule has 136 valence electrons. The molecule has 1 N–H and O–H groups in total. The average molecular weight is 468 g/mol. The highest BCUT2D eigenvalue weighted by molar-refractivity contribution is 9.10. The van der Waals surface area contributed by atoms with E-state index in [-0.39, 0.29) is 5.43 Å². The van der Waals surface area contributed by atoms with Gasteiger partial charge < -0.3 is 5.32 Å². The van der Waals surface area contributed by atoms with Gasteiger partial charge in [-0.1, -0.05) is 51.8 Å². The second-order valence-electron chi connectivity index (χ2n) is 6.39. The van der Waals surface area contributed by atoms with Crippen LogP contribution in [-0.2, 0) is 0 Å². The third-order valence-electron chi connectivity index (χ3n) is 4.58. The molecule has 3 aromatic carbocycles. The average Bonchev–Trinajstić information content (AvgIpc) is 2.71. The molecule has 28 heavy (non-hydrogen) atoms. The lowest BCUT2D eigenvalue weighted by atomic mass is 10.0. The quantitative estimate of drug-likeness (QED) is 0.223. The number of anilines is 2. The first-order chi connectivity index (χ1) is 13.6. The summed E-state index contributed by atoms with van der Waals surface area (Å²) < 4.78 is 1.92. The van der Waals surface area contributed by atoms with Gasteiger partial charge in [-0.05, 0) is 42.5 Å². The highest BCUT2D eigenvalue weighted by atomic mass is 79.9. The van der Waals surface area contributed by atoms with E-state index < -0.39 is 0 Å². The van der Waals surface area contributed by atoms with E-state index in [1.807, 2.05) is 66.7 Å². The number of hydrogen-bond donors (Lipinski definition) is 1. The maximum atomic E-state index is 13.3. The summed E-state index contributed by atoms with van der Waals surface area (Å²) in [5, 5.41) is 5.48. The van der Waals surface area contributed by atoms with Crippen molar-refractivity contribution < 1.29 is 0 Å². The van der Waals surface area contributed by atoms with E-state index >= 15 is 0 Å². The maximum absolute atomic E-state index is 13.3. The van der Waals surface area contributed by atoms with Crippen LogP contribution in [-0.4, -0.2) is 4.98 Å². The first-order valence-corrected chi connectivity index (χ1v) is 10.6. The summed E-state index contributed by atoms with van der Waals surface area (Å²) in [5.41, 5.74) is 3.02. The lowest BCUT2D eigenvalue weighted by Crippen LogP contribution is -2.11. The van der Waals surface area contributed by atoms with Crippen LogP contribution < -0.4 is 10.7 Å². The van der Waals surface area contributed by atoms with Crippen LogP contribution in [0.5, 0.6) is 0 Å². The molecule has 0 spiro atoms. The molecule has 2 aliphatic rings. The number of hydrogen-bond acceptors (Lipinski definition) is 4. The maximum Gasteiger partial charge on any atom is 0.211 e. The van der Waals surface area contributed by atoms with Gasteiger partial charge in [-0.15, -0.1) is 11.3 Å². The molecule has 0 amide bonds. The number of aromatic nitrogens is 1. The SMILES string of the molecule is O=c1c(Nc2ccc(Br)cc2)c2sc3cc(Cl)ccc3nc-2c2ccccc12. The minimum absolute atomic E-state index is 0.0366. The zero-order valence-corrected chi connectivity index (χ0v) is 17.5. The zero-order chi connectivity index (χ0) is 19.3. The van der Waals surface area contributed by atoms with Crippen LogP contribution in [0.1, 0.15) is 0 Å². The Morgan fingerprint density at radius 2 is 1.71 bits per heavy atom. The molecule has 0 unspecified atom stereocenters. The fraction of sp³-hybridized carbons (Fsp3) is 0. The fourth-order valence-electron chi connectivity index (χ4n) is 3.26. The number of rotatable bonds is 2. The Morgan fingerprint density at radius 1 is 0.964 bits per heavy atom. The van der Waals surface area contributed by atoms with Crippen LogP contribution in [0.15, 0.2) is 76.0 Å². The molecule has 3 nitrogen and oxygen atoms in total. The van der Waals surface area contributed by atoms with Gasteiger partial charge in [0.25, 0.3) is 0 Å². The van der Waals surface area contributed by atoms with Gasteiger partial charge in [0, 0.05) is 26.0 Å². The summed E-state index contributed by atoms with van der Waals surface area (Å²) in [4.78, 5) is 19.0. The Kier molecular flexibility index (Phi) is 4.31. The standard InChI is InChI=1S/C22H12BrClN2OS/c23-12-5-8-14(9-6-12)25-20-21(27)16-4-2-1-3-15(16)19-22(20)28-18-11-13(24)7-10-17(18)26-19/h1-11,25H. The van der Waals surface area contributed by atoms with E-state index in [1.54, 1.807) is 0 Å². The molecule has 1 heterocycles. The number of fused-ring (bicyclic) bond motifs is 4. The summed E-state index contributed by atoms with van der Waals surface area (Å²) in [6, 6.07) is 21.0. The van der Waals surface area contributed by atoms with Crippen LogP contribution in [0.2, 0.25) is 5.02 Å².